The Morgan fingerprint density at radius 2 is 2.15 bits per heavy atom. The van der Waals surface area contributed by atoms with Gasteiger partial charge in [-0.1, -0.05) is 0 Å². The first kappa shape index (κ1) is 14.2. The fraction of sp³-hybridized carbons (Fsp3) is 0.357. The maximum Gasteiger partial charge on any atom is 0.270 e. The molecule has 0 spiro atoms. The summed E-state index contributed by atoms with van der Waals surface area (Å²) in [4.78, 5) is 16.9. The predicted molar refractivity (Wildman–Crippen MR) is 80.1 cm³/mol. The van der Waals surface area contributed by atoms with Crippen molar-refractivity contribution < 1.29 is 4.92 Å². The van der Waals surface area contributed by atoms with Crippen molar-refractivity contribution in [2.75, 3.05) is 32.5 Å². The summed E-state index contributed by atoms with van der Waals surface area (Å²) in [5.74, 6) is 0.699. The molecule has 0 unspecified atom stereocenters. The van der Waals surface area contributed by atoms with Gasteiger partial charge in [0, 0.05) is 30.3 Å². The van der Waals surface area contributed by atoms with Crippen LogP contribution in [0.3, 0.4) is 0 Å². The normalized spacial score (nSPS) is 10.9. The summed E-state index contributed by atoms with van der Waals surface area (Å²) in [6.07, 6.45) is 2.70. The molecule has 0 aliphatic rings. The first-order valence-corrected chi connectivity index (χ1v) is 6.49. The minimum absolute atomic E-state index is 0.0850. The zero-order valence-electron chi connectivity index (χ0n) is 11.7. The third-order valence-electron chi connectivity index (χ3n) is 3.04. The molecule has 1 aromatic carbocycles. The number of hydrogen-bond donors (Lipinski definition) is 1. The van der Waals surface area contributed by atoms with Crippen molar-refractivity contribution in [1.29, 1.82) is 0 Å². The SMILES string of the molecule is CN(C)CCCNc1nccc2ccc([N+](=O)[O-])cc12. The Hall–Kier alpha value is -2.21. The third kappa shape index (κ3) is 3.42. The molecule has 0 aliphatic heterocycles. The lowest BCUT2D eigenvalue weighted by atomic mass is 10.1. The topological polar surface area (TPSA) is 71.3 Å². The Morgan fingerprint density at radius 1 is 1.35 bits per heavy atom. The van der Waals surface area contributed by atoms with Gasteiger partial charge in [-0.2, -0.15) is 0 Å². The van der Waals surface area contributed by atoms with E-state index in [4.69, 9.17) is 0 Å². The summed E-state index contributed by atoms with van der Waals surface area (Å²) in [6.45, 7) is 1.77. The number of pyridine rings is 1. The quantitative estimate of drug-likeness (QED) is 0.498. The number of nitro groups is 1. The highest BCUT2D eigenvalue weighted by molar-refractivity contribution is 5.93. The average Bonchev–Trinajstić information content (AvgIpc) is 2.42. The highest BCUT2D eigenvalue weighted by atomic mass is 16.6. The molecule has 20 heavy (non-hydrogen) atoms. The lowest BCUT2D eigenvalue weighted by Crippen LogP contribution is -2.16. The van der Waals surface area contributed by atoms with Gasteiger partial charge in [0.05, 0.1) is 4.92 Å². The molecule has 1 aromatic heterocycles. The van der Waals surface area contributed by atoms with Crippen molar-refractivity contribution in [3.8, 4) is 0 Å². The van der Waals surface area contributed by atoms with Gasteiger partial charge in [-0.25, -0.2) is 4.98 Å². The third-order valence-corrected chi connectivity index (χ3v) is 3.04. The highest BCUT2D eigenvalue weighted by Crippen LogP contribution is 2.25. The van der Waals surface area contributed by atoms with Crippen molar-refractivity contribution in [2.45, 2.75) is 6.42 Å². The number of fused-ring (bicyclic) bond motifs is 1. The molecule has 1 N–H and O–H groups in total. The standard InChI is InChI=1S/C14H18N4O2/c1-17(2)9-3-7-15-14-13-10-12(18(19)20)5-4-11(13)6-8-16-14/h4-6,8,10H,3,7,9H2,1-2H3,(H,15,16). The number of anilines is 1. The van der Waals surface area contributed by atoms with Gasteiger partial charge in [0.1, 0.15) is 5.82 Å². The van der Waals surface area contributed by atoms with Crippen LogP contribution in [0.25, 0.3) is 10.8 Å². The number of nitrogens with zero attached hydrogens (tertiary/aromatic N) is 3. The largest absolute Gasteiger partial charge is 0.370 e. The summed E-state index contributed by atoms with van der Waals surface area (Å²) in [6, 6.07) is 6.68. The predicted octanol–water partition coefficient (Wildman–Crippen LogP) is 2.51. The van der Waals surface area contributed by atoms with Gasteiger partial charge < -0.3 is 10.2 Å². The van der Waals surface area contributed by atoms with Crippen molar-refractivity contribution in [2.24, 2.45) is 0 Å². The van der Waals surface area contributed by atoms with Gasteiger partial charge in [-0.3, -0.25) is 10.1 Å². The molecule has 106 valence electrons. The Bertz CT molecular complexity index is 613. The molecule has 2 rings (SSSR count). The van der Waals surface area contributed by atoms with E-state index in [9.17, 15) is 10.1 Å². The summed E-state index contributed by atoms with van der Waals surface area (Å²) in [5.41, 5.74) is 0.0850. The number of aromatic nitrogens is 1. The molecule has 1 heterocycles. The van der Waals surface area contributed by atoms with Gasteiger partial charge in [-0.15, -0.1) is 0 Å². The number of benzene rings is 1. The minimum Gasteiger partial charge on any atom is -0.370 e. The molecule has 0 bridgehead atoms. The van der Waals surface area contributed by atoms with Crippen molar-refractivity contribution >= 4 is 22.3 Å². The maximum atomic E-state index is 10.9. The number of hydrogen-bond acceptors (Lipinski definition) is 5. The van der Waals surface area contributed by atoms with Crippen molar-refractivity contribution in [3.05, 3.63) is 40.6 Å². The Kier molecular flexibility index (Phi) is 4.47. The van der Waals surface area contributed by atoms with Crippen LogP contribution in [0.2, 0.25) is 0 Å². The van der Waals surface area contributed by atoms with E-state index in [1.54, 1.807) is 18.3 Å². The van der Waals surface area contributed by atoms with E-state index in [1.807, 2.05) is 20.2 Å². The van der Waals surface area contributed by atoms with Gasteiger partial charge in [0.15, 0.2) is 0 Å². The first-order chi connectivity index (χ1) is 9.58. The fourth-order valence-corrected chi connectivity index (χ4v) is 2.01. The molecule has 0 fully saturated rings. The minimum atomic E-state index is -0.387. The second-order valence-corrected chi connectivity index (χ2v) is 4.91. The van der Waals surface area contributed by atoms with Crippen molar-refractivity contribution in [1.82, 2.24) is 9.88 Å². The highest BCUT2D eigenvalue weighted by Gasteiger charge is 2.09. The van der Waals surface area contributed by atoms with E-state index in [-0.39, 0.29) is 10.6 Å². The lowest BCUT2D eigenvalue weighted by molar-refractivity contribution is -0.384. The van der Waals surface area contributed by atoms with Crippen LogP contribution < -0.4 is 5.32 Å². The molecule has 2 aromatic rings. The number of rotatable bonds is 6. The summed E-state index contributed by atoms with van der Waals surface area (Å²) >= 11 is 0. The molecule has 0 saturated carbocycles. The maximum absolute atomic E-state index is 10.9. The van der Waals surface area contributed by atoms with E-state index in [0.29, 0.717) is 5.82 Å². The van der Waals surface area contributed by atoms with Gasteiger partial charge in [0.2, 0.25) is 0 Å². The molecule has 0 radical (unpaired) electrons. The van der Waals surface area contributed by atoms with Gasteiger partial charge in [-0.05, 0) is 44.6 Å². The second kappa shape index (κ2) is 6.29. The number of nitro benzene ring substituents is 1. The van der Waals surface area contributed by atoms with Crippen molar-refractivity contribution in [3.63, 3.8) is 0 Å². The van der Waals surface area contributed by atoms with Crippen LogP contribution >= 0.6 is 0 Å². The molecule has 6 heteroatoms. The Labute approximate surface area is 117 Å². The number of non-ortho nitro benzene ring substituents is 1. The fourth-order valence-electron chi connectivity index (χ4n) is 2.01. The zero-order valence-corrected chi connectivity index (χ0v) is 11.7. The lowest BCUT2D eigenvalue weighted by Gasteiger charge is -2.11. The van der Waals surface area contributed by atoms with Crippen LogP contribution in [0.15, 0.2) is 30.5 Å². The molecule has 6 nitrogen and oxygen atoms in total. The first-order valence-electron chi connectivity index (χ1n) is 6.49. The second-order valence-electron chi connectivity index (χ2n) is 4.91. The monoisotopic (exact) mass is 274 g/mol. The molecule has 0 saturated heterocycles. The summed E-state index contributed by atoms with van der Waals surface area (Å²) in [5, 5.41) is 15.8. The Morgan fingerprint density at radius 3 is 2.85 bits per heavy atom. The van der Waals surface area contributed by atoms with E-state index in [2.05, 4.69) is 15.2 Å². The van der Waals surface area contributed by atoms with Crippen LogP contribution in [-0.2, 0) is 0 Å². The van der Waals surface area contributed by atoms with E-state index < -0.39 is 0 Å². The van der Waals surface area contributed by atoms with Gasteiger partial charge in [0.25, 0.3) is 5.69 Å². The summed E-state index contributed by atoms with van der Waals surface area (Å²) < 4.78 is 0. The van der Waals surface area contributed by atoms with E-state index in [0.717, 1.165) is 30.3 Å². The van der Waals surface area contributed by atoms with Crippen LogP contribution in [0.4, 0.5) is 11.5 Å². The smallest absolute Gasteiger partial charge is 0.270 e. The van der Waals surface area contributed by atoms with Crippen LogP contribution in [0.1, 0.15) is 6.42 Å². The zero-order chi connectivity index (χ0) is 14.5. The Balaban J connectivity index is 2.19. The van der Waals surface area contributed by atoms with Gasteiger partial charge >= 0.3 is 0 Å². The van der Waals surface area contributed by atoms with Crippen LogP contribution in [0.5, 0.6) is 0 Å². The van der Waals surface area contributed by atoms with Crippen LogP contribution in [0, 0.1) is 10.1 Å². The average molecular weight is 274 g/mol. The van der Waals surface area contributed by atoms with E-state index in [1.165, 1.54) is 6.07 Å². The summed E-state index contributed by atoms with van der Waals surface area (Å²) in [7, 11) is 4.05. The molecule has 0 aliphatic carbocycles. The number of nitrogens with one attached hydrogen (secondary N) is 1. The van der Waals surface area contributed by atoms with Crippen LogP contribution in [-0.4, -0.2) is 42.0 Å². The molecule has 0 atom stereocenters. The van der Waals surface area contributed by atoms with E-state index >= 15 is 0 Å². The molecule has 0 amide bonds. The molecular weight excluding hydrogens is 256 g/mol. The molecular formula is C14H18N4O2.